The van der Waals surface area contributed by atoms with Crippen molar-refractivity contribution < 1.29 is 13.2 Å². The van der Waals surface area contributed by atoms with Crippen LogP contribution in [0.25, 0.3) is 11.1 Å². The van der Waals surface area contributed by atoms with Crippen LogP contribution in [0, 0.1) is 0 Å². The normalized spacial score (nSPS) is 18.1. The summed E-state index contributed by atoms with van der Waals surface area (Å²) in [6.45, 7) is 4.12. The van der Waals surface area contributed by atoms with Crippen molar-refractivity contribution in [1.82, 2.24) is 14.2 Å². The molecule has 0 unspecified atom stereocenters. The molecule has 0 radical (unpaired) electrons. The molecule has 1 amide bonds. The maximum atomic E-state index is 12.4. The summed E-state index contributed by atoms with van der Waals surface area (Å²) in [6.07, 6.45) is 3.90. The fourth-order valence-electron chi connectivity index (χ4n) is 3.32. The topological polar surface area (TPSA) is 90.6 Å². The standard InChI is InChI=1S/C19H20ClN3O4S/c1-3-19(25)23-7-6-22(28(2,26)27)12-17(23)15-8-14(9-16(20)10-15)13-4-5-21-18(24)11-13/h3-5,8-11,17H,1,6-7,12H2,2H3,(H,21,24)/t17-/m0/s1. The molecule has 1 saturated heterocycles. The molecule has 1 aliphatic heterocycles. The lowest BCUT2D eigenvalue weighted by Gasteiger charge is -2.40. The van der Waals surface area contributed by atoms with Gasteiger partial charge in [-0.2, -0.15) is 4.31 Å². The Labute approximate surface area is 168 Å². The van der Waals surface area contributed by atoms with Gasteiger partial charge in [0.05, 0.1) is 12.3 Å². The third-order valence-corrected chi connectivity index (χ3v) is 6.17. The highest BCUT2D eigenvalue weighted by atomic mass is 35.5. The van der Waals surface area contributed by atoms with Crippen LogP contribution in [0.15, 0.2) is 54.0 Å². The van der Waals surface area contributed by atoms with Crippen molar-refractivity contribution in [1.29, 1.82) is 0 Å². The number of rotatable bonds is 4. The number of nitrogens with zero attached hydrogens (tertiary/aromatic N) is 2. The summed E-state index contributed by atoms with van der Waals surface area (Å²) in [5.41, 5.74) is 1.82. The van der Waals surface area contributed by atoms with Crippen LogP contribution >= 0.6 is 11.6 Å². The van der Waals surface area contributed by atoms with Gasteiger partial charge in [0, 0.05) is 36.9 Å². The Balaban J connectivity index is 2.08. The number of sulfonamides is 1. The minimum atomic E-state index is -3.41. The molecule has 1 fully saturated rings. The van der Waals surface area contributed by atoms with Crippen molar-refractivity contribution >= 4 is 27.5 Å². The van der Waals surface area contributed by atoms with Crippen LogP contribution in [0.5, 0.6) is 0 Å². The van der Waals surface area contributed by atoms with Crippen molar-refractivity contribution in [3.05, 3.63) is 70.1 Å². The summed E-state index contributed by atoms with van der Waals surface area (Å²) in [4.78, 5) is 28.1. The van der Waals surface area contributed by atoms with Crippen molar-refractivity contribution in [2.75, 3.05) is 25.9 Å². The zero-order chi connectivity index (χ0) is 20.5. The lowest BCUT2D eigenvalue weighted by molar-refractivity contribution is -0.130. The Kier molecular flexibility index (Phi) is 5.74. The van der Waals surface area contributed by atoms with E-state index in [9.17, 15) is 18.0 Å². The molecular weight excluding hydrogens is 402 g/mol. The Morgan fingerprint density at radius 1 is 1.25 bits per heavy atom. The second kappa shape index (κ2) is 7.90. The zero-order valence-electron chi connectivity index (χ0n) is 15.3. The van der Waals surface area contributed by atoms with Crippen molar-refractivity contribution in [3.8, 4) is 11.1 Å². The molecule has 2 heterocycles. The summed E-state index contributed by atoms with van der Waals surface area (Å²) in [7, 11) is -3.41. The monoisotopic (exact) mass is 421 g/mol. The van der Waals surface area contributed by atoms with E-state index in [-0.39, 0.29) is 31.1 Å². The molecule has 1 N–H and O–H groups in total. The number of halogens is 1. The molecular formula is C19H20ClN3O4S. The molecule has 1 atom stereocenters. The molecule has 148 valence electrons. The van der Waals surface area contributed by atoms with Gasteiger partial charge >= 0.3 is 0 Å². The average Bonchev–Trinajstić information content (AvgIpc) is 2.65. The molecule has 1 aromatic carbocycles. The lowest BCUT2D eigenvalue weighted by Crippen LogP contribution is -2.51. The van der Waals surface area contributed by atoms with Gasteiger partial charge in [-0.15, -0.1) is 0 Å². The summed E-state index contributed by atoms with van der Waals surface area (Å²) < 4.78 is 25.4. The first-order chi connectivity index (χ1) is 13.2. The first kappa shape index (κ1) is 20.3. The van der Waals surface area contributed by atoms with Gasteiger partial charge in [-0.3, -0.25) is 9.59 Å². The SMILES string of the molecule is C=CC(=O)N1CCN(S(C)(=O)=O)C[C@H]1c1cc(Cl)cc(-c2cc[nH]c(=O)c2)c1. The number of nitrogens with one attached hydrogen (secondary N) is 1. The highest BCUT2D eigenvalue weighted by Gasteiger charge is 2.34. The molecule has 0 saturated carbocycles. The van der Waals surface area contributed by atoms with E-state index >= 15 is 0 Å². The van der Waals surface area contributed by atoms with Gasteiger partial charge in [0.1, 0.15) is 0 Å². The molecule has 0 spiro atoms. The van der Waals surface area contributed by atoms with E-state index in [1.54, 1.807) is 23.1 Å². The van der Waals surface area contributed by atoms with Crippen LogP contribution in [0.1, 0.15) is 11.6 Å². The van der Waals surface area contributed by atoms with Crippen LogP contribution in [0.3, 0.4) is 0 Å². The maximum Gasteiger partial charge on any atom is 0.248 e. The minimum absolute atomic E-state index is 0.119. The number of carbonyl (C=O) groups is 1. The smallest absolute Gasteiger partial charge is 0.248 e. The minimum Gasteiger partial charge on any atom is -0.329 e. The first-order valence-corrected chi connectivity index (χ1v) is 10.8. The second-order valence-electron chi connectivity index (χ2n) is 6.59. The van der Waals surface area contributed by atoms with Gasteiger partial charge in [0.2, 0.25) is 21.5 Å². The number of aromatic amines is 1. The summed E-state index contributed by atoms with van der Waals surface area (Å²) in [5.74, 6) is -0.282. The fourth-order valence-corrected chi connectivity index (χ4v) is 4.39. The molecule has 28 heavy (non-hydrogen) atoms. The summed E-state index contributed by atoms with van der Waals surface area (Å²) in [5, 5.41) is 0.426. The van der Waals surface area contributed by atoms with Gasteiger partial charge in [-0.1, -0.05) is 18.2 Å². The van der Waals surface area contributed by atoms with Crippen LogP contribution in [-0.2, 0) is 14.8 Å². The predicted octanol–water partition coefficient (Wildman–Crippen LogP) is 2.03. The lowest BCUT2D eigenvalue weighted by atomic mass is 9.98. The van der Waals surface area contributed by atoms with Gasteiger partial charge in [-0.25, -0.2) is 8.42 Å². The van der Waals surface area contributed by atoms with Crippen LogP contribution in [0.4, 0.5) is 0 Å². The number of hydrogen-bond donors (Lipinski definition) is 1. The number of pyridine rings is 1. The van der Waals surface area contributed by atoms with Gasteiger partial charge in [0.25, 0.3) is 0 Å². The summed E-state index contributed by atoms with van der Waals surface area (Å²) in [6, 6.07) is 7.92. The molecule has 3 rings (SSSR count). The van der Waals surface area contributed by atoms with E-state index < -0.39 is 16.1 Å². The van der Waals surface area contributed by atoms with Gasteiger partial charge < -0.3 is 9.88 Å². The van der Waals surface area contributed by atoms with E-state index in [0.29, 0.717) is 21.7 Å². The zero-order valence-corrected chi connectivity index (χ0v) is 16.8. The highest BCUT2D eigenvalue weighted by Crippen LogP contribution is 2.32. The van der Waals surface area contributed by atoms with E-state index in [1.165, 1.54) is 22.6 Å². The average molecular weight is 422 g/mol. The third-order valence-electron chi connectivity index (χ3n) is 4.68. The van der Waals surface area contributed by atoms with Crippen LogP contribution in [0.2, 0.25) is 5.02 Å². The molecule has 2 aromatic rings. The summed E-state index contributed by atoms with van der Waals surface area (Å²) >= 11 is 6.30. The number of hydrogen-bond acceptors (Lipinski definition) is 4. The first-order valence-electron chi connectivity index (χ1n) is 8.57. The molecule has 1 aromatic heterocycles. The Bertz CT molecular complexity index is 1080. The Morgan fingerprint density at radius 2 is 2.00 bits per heavy atom. The van der Waals surface area contributed by atoms with Gasteiger partial charge in [0.15, 0.2) is 0 Å². The predicted molar refractivity (Wildman–Crippen MR) is 109 cm³/mol. The highest BCUT2D eigenvalue weighted by molar-refractivity contribution is 7.88. The molecule has 0 aliphatic carbocycles. The van der Waals surface area contributed by atoms with Crippen molar-refractivity contribution in [3.63, 3.8) is 0 Å². The number of H-pyrrole nitrogens is 1. The molecule has 7 nitrogen and oxygen atoms in total. The second-order valence-corrected chi connectivity index (χ2v) is 9.01. The number of piperazine rings is 1. The quantitative estimate of drug-likeness (QED) is 0.765. The number of carbonyl (C=O) groups excluding carboxylic acids is 1. The van der Waals surface area contributed by atoms with E-state index in [1.807, 2.05) is 6.07 Å². The largest absolute Gasteiger partial charge is 0.329 e. The fraction of sp³-hybridized carbons (Fsp3) is 0.263. The van der Waals surface area contributed by atoms with E-state index in [2.05, 4.69) is 11.6 Å². The Morgan fingerprint density at radius 3 is 2.64 bits per heavy atom. The molecule has 0 bridgehead atoms. The van der Waals surface area contributed by atoms with Crippen LogP contribution in [-0.4, -0.2) is 54.4 Å². The number of amides is 1. The number of aromatic nitrogens is 1. The number of benzene rings is 1. The molecule has 1 aliphatic rings. The van der Waals surface area contributed by atoms with Gasteiger partial charge in [-0.05, 0) is 47.0 Å². The van der Waals surface area contributed by atoms with E-state index in [0.717, 1.165) is 6.26 Å². The van der Waals surface area contributed by atoms with Crippen molar-refractivity contribution in [2.45, 2.75) is 6.04 Å². The Hall–Kier alpha value is -2.42. The van der Waals surface area contributed by atoms with Crippen molar-refractivity contribution in [2.24, 2.45) is 0 Å². The molecule has 9 heteroatoms. The third kappa shape index (κ3) is 4.35. The van der Waals surface area contributed by atoms with Crippen LogP contribution < -0.4 is 5.56 Å². The van der Waals surface area contributed by atoms with E-state index in [4.69, 9.17) is 11.6 Å². The maximum absolute atomic E-state index is 12.4.